The minimum Gasteiger partial charge on any atom is -0.506 e. The van der Waals surface area contributed by atoms with E-state index in [2.05, 4.69) is 0 Å². The number of aromatic hydroxyl groups is 1. The molecule has 0 aliphatic carbocycles. The van der Waals surface area contributed by atoms with E-state index in [9.17, 15) is 9.90 Å². The fraction of sp³-hybridized carbons (Fsp3) is 0.0714. The van der Waals surface area contributed by atoms with Crippen LogP contribution in [0.15, 0.2) is 33.5 Å². The summed E-state index contributed by atoms with van der Waals surface area (Å²) in [4.78, 5) is 12.2. The summed E-state index contributed by atoms with van der Waals surface area (Å²) < 4.78 is 15.8. The van der Waals surface area contributed by atoms with E-state index in [-0.39, 0.29) is 23.1 Å². The molecule has 0 amide bonds. The number of hydrogen-bond acceptors (Lipinski definition) is 5. The maximum Gasteiger partial charge on any atom is 0.348 e. The highest BCUT2D eigenvalue weighted by molar-refractivity contribution is 6.37. The molecule has 5 nitrogen and oxygen atoms in total. The molecule has 100 valence electrons. The molecule has 0 atom stereocenters. The quantitative estimate of drug-likeness (QED) is 0.509. The van der Waals surface area contributed by atoms with Crippen LogP contribution in [0.1, 0.15) is 0 Å². The van der Waals surface area contributed by atoms with Gasteiger partial charge in [-0.3, -0.25) is 0 Å². The summed E-state index contributed by atoms with van der Waals surface area (Å²) >= 11 is 5.98. The Morgan fingerprint density at radius 3 is 2.75 bits per heavy atom. The van der Waals surface area contributed by atoms with Crippen LogP contribution < -0.4 is 15.1 Å². The normalized spacial score (nSPS) is 13.2. The molecule has 0 bridgehead atoms. The number of halogens is 1. The van der Waals surface area contributed by atoms with Crippen molar-refractivity contribution in [3.05, 3.63) is 39.7 Å². The summed E-state index contributed by atoms with van der Waals surface area (Å²) in [6, 6.07) is 6.57. The molecule has 4 rings (SSSR count). The van der Waals surface area contributed by atoms with E-state index in [4.69, 9.17) is 25.5 Å². The van der Waals surface area contributed by atoms with E-state index in [1.165, 1.54) is 6.07 Å². The molecule has 0 fully saturated rings. The van der Waals surface area contributed by atoms with Gasteiger partial charge in [0, 0.05) is 10.8 Å². The number of hydrogen-bond donors (Lipinski definition) is 1. The Bertz CT molecular complexity index is 928. The van der Waals surface area contributed by atoms with Gasteiger partial charge in [-0.25, -0.2) is 4.79 Å². The lowest BCUT2D eigenvalue weighted by molar-refractivity contribution is 0.174. The number of ether oxygens (including phenoxy) is 2. The second-order valence-corrected chi connectivity index (χ2v) is 4.76. The Kier molecular flexibility index (Phi) is 2.17. The highest BCUT2D eigenvalue weighted by Crippen LogP contribution is 2.41. The van der Waals surface area contributed by atoms with E-state index in [0.717, 1.165) is 0 Å². The maximum atomic E-state index is 12.2. The Morgan fingerprint density at radius 2 is 1.90 bits per heavy atom. The first-order valence-corrected chi connectivity index (χ1v) is 6.21. The van der Waals surface area contributed by atoms with Crippen molar-refractivity contribution in [2.24, 2.45) is 0 Å². The number of benzene rings is 2. The Labute approximate surface area is 116 Å². The predicted molar refractivity (Wildman–Crippen MR) is 72.8 cm³/mol. The lowest BCUT2D eigenvalue weighted by atomic mass is 10.1. The van der Waals surface area contributed by atoms with Crippen molar-refractivity contribution in [3.63, 3.8) is 0 Å². The molecule has 0 saturated carbocycles. The second-order valence-electron chi connectivity index (χ2n) is 4.39. The fourth-order valence-corrected chi connectivity index (χ4v) is 2.60. The first kappa shape index (κ1) is 11.4. The summed E-state index contributed by atoms with van der Waals surface area (Å²) in [7, 11) is 0. The van der Waals surface area contributed by atoms with Crippen molar-refractivity contribution in [1.82, 2.24) is 0 Å². The fourth-order valence-electron chi connectivity index (χ4n) is 2.40. The second kappa shape index (κ2) is 3.80. The van der Waals surface area contributed by atoms with Crippen LogP contribution in [0.3, 0.4) is 0 Å². The molecular formula is C14H7ClO5. The number of phenolic OH excluding ortho intramolecular Hbond substituents is 1. The minimum atomic E-state index is -0.581. The van der Waals surface area contributed by atoms with Gasteiger partial charge in [-0.15, -0.1) is 0 Å². The third-order valence-corrected chi connectivity index (χ3v) is 3.67. The Balaban J connectivity index is 2.28. The number of phenols is 1. The summed E-state index contributed by atoms with van der Waals surface area (Å²) in [6.45, 7) is 0.0717. The predicted octanol–water partition coefficient (Wildman–Crippen LogP) is 3.03. The van der Waals surface area contributed by atoms with E-state index < -0.39 is 5.63 Å². The largest absolute Gasteiger partial charge is 0.506 e. The van der Waals surface area contributed by atoms with Crippen LogP contribution in [0.5, 0.6) is 17.2 Å². The molecule has 1 N–H and O–H groups in total. The molecule has 0 saturated heterocycles. The minimum absolute atomic E-state index is 0.0131. The summed E-state index contributed by atoms with van der Waals surface area (Å²) in [6.07, 6.45) is 0. The van der Waals surface area contributed by atoms with Crippen LogP contribution in [0, 0.1) is 0 Å². The molecule has 0 spiro atoms. The summed E-state index contributed by atoms with van der Waals surface area (Å²) in [5, 5.41) is 11.2. The molecule has 3 aromatic rings. The monoisotopic (exact) mass is 290 g/mol. The van der Waals surface area contributed by atoms with Crippen molar-refractivity contribution in [2.75, 3.05) is 6.79 Å². The molecule has 1 aliphatic rings. The number of fused-ring (bicyclic) bond motifs is 5. The average molecular weight is 291 g/mol. The average Bonchev–Trinajstić information content (AvgIpc) is 2.91. The van der Waals surface area contributed by atoms with Gasteiger partial charge in [0.25, 0.3) is 0 Å². The highest BCUT2D eigenvalue weighted by atomic mass is 35.5. The van der Waals surface area contributed by atoms with Gasteiger partial charge in [0.15, 0.2) is 17.1 Å². The molecule has 0 unspecified atom stereocenters. The topological polar surface area (TPSA) is 68.9 Å². The van der Waals surface area contributed by atoms with E-state index >= 15 is 0 Å². The maximum absolute atomic E-state index is 12.2. The van der Waals surface area contributed by atoms with E-state index in [1.807, 2.05) is 0 Å². The lowest BCUT2D eigenvalue weighted by Crippen LogP contribution is -2.02. The van der Waals surface area contributed by atoms with Crippen LogP contribution in [0.4, 0.5) is 0 Å². The van der Waals surface area contributed by atoms with Crippen molar-refractivity contribution in [2.45, 2.75) is 0 Å². The van der Waals surface area contributed by atoms with Crippen LogP contribution in [-0.2, 0) is 0 Å². The molecule has 2 heterocycles. The van der Waals surface area contributed by atoms with Crippen LogP contribution in [0.25, 0.3) is 21.7 Å². The van der Waals surface area contributed by atoms with Gasteiger partial charge in [0.2, 0.25) is 6.79 Å². The smallest absolute Gasteiger partial charge is 0.348 e. The molecule has 1 aliphatic heterocycles. The zero-order valence-electron chi connectivity index (χ0n) is 9.97. The van der Waals surface area contributed by atoms with Crippen LogP contribution in [0.2, 0.25) is 5.02 Å². The van der Waals surface area contributed by atoms with Gasteiger partial charge in [0.1, 0.15) is 16.2 Å². The van der Waals surface area contributed by atoms with Crippen molar-refractivity contribution >= 4 is 33.3 Å². The van der Waals surface area contributed by atoms with Gasteiger partial charge in [0.05, 0.1) is 0 Å². The molecule has 1 aromatic heterocycles. The van der Waals surface area contributed by atoms with Gasteiger partial charge >= 0.3 is 5.63 Å². The van der Waals surface area contributed by atoms with E-state index in [0.29, 0.717) is 27.7 Å². The number of rotatable bonds is 0. The zero-order valence-corrected chi connectivity index (χ0v) is 10.7. The SMILES string of the molecule is O=c1oc2c(Cl)c(O)ccc2c2ccc3c(c12)OCO3. The van der Waals surface area contributed by atoms with Crippen molar-refractivity contribution in [1.29, 1.82) is 0 Å². The third kappa shape index (κ3) is 1.35. The summed E-state index contributed by atoms with van der Waals surface area (Å²) in [5.74, 6) is 0.749. The Morgan fingerprint density at radius 1 is 1.10 bits per heavy atom. The van der Waals surface area contributed by atoms with E-state index in [1.54, 1.807) is 18.2 Å². The van der Waals surface area contributed by atoms with Gasteiger partial charge < -0.3 is 19.0 Å². The van der Waals surface area contributed by atoms with Gasteiger partial charge in [-0.2, -0.15) is 0 Å². The zero-order chi connectivity index (χ0) is 13.9. The first-order valence-electron chi connectivity index (χ1n) is 5.83. The third-order valence-electron chi connectivity index (χ3n) is 3.31. The highest BCUT2D eigenvalue weighted by Gasteiger charge is 2.22. The van der Waals surface area contributed by atoms with Crippen molar-refractivity contribution < 1.29 is 19.0 Å². The molecule has 2 aromatic carbocycles. The van der Waals surface area contributed by atoms with Crippen LogP contribution in [-0.4, -0.2) is 11.9 Å². The molecule has 6 heteroatoms. The standard InChI is InChI=1S/C14H7ClO5/c15-11-8(16)3-1-7-6-2-4-9-13(19-5-18-9)10(6)14(17)20-12(7)11/h1-4,16H,5H2. The molecule has 0 radical (unpaired) electrons. The summed E-state index contributed by atoms with van der Waals surface area (Å²) in [5.41, 5.74) is -0.426. The first-order chi connectivity index (χ1) is 9.66. The molecular weight excluding hydrogens is 284 g/mol. The Hall–Kier alpha value is -2.40. The van der Waals surface area contributed by atoms with Gasteiger partial charge in [-0.05, 0) is 24.3 Å². The molecule has 20 heavy (non-hydrogen) atoms. The lowest BCUT2D eigenvalue weighted by Gasteiger charge is -2.06. The van der Waals surface area contributed by atoms with Crippen molar-refractivity contribution in [3.8, 4) is 17.2 Å². The van der Waals surface area contributed by atoms with Crippen LogP contribution >= 0.6 is 11.6 Å². The van der Waals surface area contributed by atoms with Gasteiger partial charge in [-0.1, -0.05) is 11.6 Å².